The Morgan fingerprint density at radius 3 is 2.71 bits per heavy atom. The third-order valence-corrected chi connectivity index (χ3v) is 3.24. The molecule has 1 fully saturated rings. The summed E-state index contributed by atoms with van der Waals surface area (Å²) in [6.07, 6.45) is -0.617. The number of benzene rings is 1. The summed E-state index contributed by atoms with van der Waals surface area (Å²) in [4.78, 5) is 13.0. The lowest BCUT2D eigenvalue weighted by Gasteiger charge is -2.33. The van der Waals surface area contributed by atoms with Crippen LogP contribution in [0, 0.1) is 5.92 Å². The van der Waals surface area contributed by atoms with Crippen molar-refractivity contribution < 1.29 is 9.18 Å². The molecule has 0 saturated carbocycles. The van der Waals surface area contributed by atoms with Gasteiger partial charge in [0.1, 0.15) is 6.17 Å². The molecule has 0 aromatic heterocycles. The van der Waals surface area contributed by atoms with Crippen LogP contribution < -0.4 is 5.73 Å². The molecule has 0 bridgehead atoms. The minimum atomic E-state index is -1.13. The van der Waals surface area contributed by atoms with Crippen molar-refractivity contribution in [1.29, 1.82) is 0 Å². The number of hydrogen-bond donors (Lipinski definition) is 1. The molecule has 0 aliphatic carbocycles. The molecule has 2 unspecified atom stereocenters. The first kappa shape index (κ1) is 12.0. The normalized spacial score (nSPS) is 25.7. The van der Waals surface area contributed by atoms with Crippen LogP contribution in [-0.4, -0.2) is 30.1 Å². The number of carbonyl (C=O) groups excluding carboxylic acids is 1. The number of amides is 1. The first-order valence-electron chi connectivity index (χ1n) is 5.86. The molecule has 1 amide bonds. The van der Waals surface area contributed by atoms with Crippen LogP contribution >= 0.6 is 0 Å². The van der Waals surface area contributed by atoms with Gasteiger partial charge in [0.2, 0.25) is 5.91 Å². The largest absolute Gasteiger partial charge is 0.369 e. The van der Waals surface area contributed by atoms with E-state index in [0.29, 0.717) is 13.0 Å². The highest BCUT2D eigenvalue weighted by molar-refractivity contribution is 5.77. The van der Waals surface area contributed by atoms with Crippen molar-refractivity contribution in [3.05, 3.63) is 35.9 Å². The Morgan fingerprint density at radius 1 is 1.41 bits per heavy atom. The van der Waals surface area contributed by atoms with Gasteiger partial charge in [-0.05, 0) is 18.5 Å². The number of alkyl halides is 1. The van der Waals surface area contributed by atoms with Crippen LogP contribution in [-0.2, 0) is 11.3 Å². The average Bonchev–Trinajstić information content (AvgIpc) is 2.30. The molecule has 1 aliphatic heterocycles. The van der Waals surface area contributed by atoms with Gasteiger partial charge in [0.15, 0.2) is 0 Å². The van der Waals surface area contributed by atoms with Gasteiger partial charge in [0.05, 0.1) is 5.92 Å². The van der Waals surface area contributed by atoms with Crippen LogP contribution in [0.1, 0.15) is 12.0 Å². The molecule has 4 heteroatoms. The molecule has 1 aliphatic rings. The maximum absolute atomic E-state index is 13.7. The molecular formula is C13H17FN2O. The minimum Gasteiger partial charge on any atom is -0.369 e. The summed E-state index contributed by atoms with van der Waals surface area (Å²) in [5.74, 6) is -1.13. The number of primary amides is 1. The summed E-state index contributed by atoms with van der Waals surface area (Å²) < 4.78 is 13.7. The van der Waals surface area contributed by atoms with Gasteiger partial charge in [0.25, 0.3) is 0 Å². The number of piperidine rings is 1. The molecule has 3 nitrogen and oxygen atoms in total. The minimum absolute atomic E-state index is 0.294. The topological polar surface area (TPSA) is 46.3 Å². The van der Waals surface area contributed by atoms with Crippen molar-refractivity contribution in [3.63, 3.8) is 0 Å². The van der Waals surface area contributed by atoms with E-state index < -0.39 is 18.0 Å². The molecule has 92 valence electrons. The summed E-state index contributed by atoms with van der Waals surface area (Å²) >= 11 is 0. The number of nitrogens with zero attached hydrogens (tertiary/aromatic N) is 1. The fourth-order valence-corrected chi connectivity index (χ4v) is 2.27. The van der Waals surface area contributed by atoms with E-state index >= 15 is 0 Å². The standard InChI is InChI=1S/C13H17FN2O/c14-12-9-16(7-6-11(12)13(15)17)8-10-4-2-1-3-5-10/h1-5,11-12H,6-9H2,(H2,15,17). The molecule has 2 N–H and O–H groups in total. The van der Waals surface area contributed by atoms with E-state index in [9.17, 15) is 9.18 Å². The number of halogens is 1. The fraction of sp³-hybridized carbons (Fsp3) is 0.462. The third-order valence-electron chi connectivity index (χ3n) is 3.24. The van der Waals surface area contributed by atoms with Crippen LogP contribution in [0.3, 0.4) is 0 Å². The van der Waals surface area contributed by atoms with Gasteiger partial charge in [-0.3, -0.25) is 9.69 Å². The zero-order valence-electron chi connectivity index (χ0n) is 9.68. The second-order valence-electron chi connectivity index (χ2n) is 4.53. The van der Waals surface area contributed by atoms with Crippen molar-refractivity contribution in [3.8, 4) is 0 Å². The van der Waals surface area contributed by atoms with Crippen LogP contribution in [0.25, 0.3) is 0 Å². The lowest BCUT2D eigenvalue weighted by molar-refractivity contribution is -0.125. The van der Waals surface area contributed by atoms with Gasteiger partial charge >= 0.3 is 0 Å². The summed E-state index contributed by atoms with van der Waals surface area (Å²) in [5.41, 5.74) is 6.32. The number of nitrogens with two attached hydrogens (primary N) is 1. The maximum Gasteiger partial charge on any atom is 0.223 e. The van der Waals surface area contributed by atoms with E-state index in [4.69, 9.17) is 5.73 Å². The molecule has 2 atom stereocenters. The Kier molecular flexibility index (Phi) is 3.74. The maximum atomic E-state index is 13.7. The first-order valence-corrected chi connectivity index (χ1v) is 5.86. The van der Waals surface area contributed by atoms with Gasteiger partial charge in [-0.15, -0.1) is 0 Å². The van der Waals surface area contributed by atoms with Crippen molar-refractivity contribution in [2.75, 3.05) is 13.1 Å². The van der Waals surface area contributed by atoms with Gasteiger partial charge in [0, 0.05) is 13.1 Å². The fourth-order valence-electron chi connectivity index (χ4n) is 2.27. The predicted octanol–water partition coefficient (Wildman–Crippen LogP) is 1.33. The Labute approximate surface area is 100 Å². The highest BCUT2D eigenvalue weighted by Gasteiger charge is 2.32. The summed E-state index contributed by atoms with van der Waals surface area (Å²) in [6.45, 7) is 1.75. The van der Waals surface area contributed by atoms with E-state index in [1.165, 1.54) is 0 Å². The van der Waals surface area contributed by atoms with Gasteiger partial charge in [-0.25, -0.2) is 4.39 Å². The summed E-state index contributed by atoms with van der Waals surface area (Å²) in [7, 11) is 0. The molecule has 1 heterocycles. The predicted molar refractivity (Wildman–Crippen MR) is 63.9 cm³/mol. The zero-order chi connectivity index (χ0) is 12.3. The van der Waals surface area contributed by atoms with E-state index in [-0.39, 0.29) is 0 Å². The van der Waals surface area contributed by atoms with E-state index in [2.05, 4.69) is 0 Å². The summed E-state index contributed by atoms with van der Waals surface area (Å²) in [6, 6.07) is 9.94. The number of rotatable bonds is 3. The Bertz CT molecular complexity index is 382. The number of hydrogen-bond acceptors (Lipinski definition) is 2. The van der Waals surface area contributed by atoms with Crippen LogP contribution in [0.5, 0.6) is 0 Å². The first-order chi connectivity index (χ1) is 8.16. The lowest BCUT2D eigenvalue weighted by atomic mass is 9.94. The Morgan fingerprint density at radius 2 is 2.12 bits per heavy atom. The van der Waals surface area contributed by atoms with E-state index in [1.54, 1.807) is 0 Å². The SMILES string of the molecule is NC(=O)C1CCN(Cc2ccccc2)CC1F. The average molecular weight is 236 g/mol. The second-order valence-corrected chi connectivity index (χ2v) is 4.53. The Hall–Kier alpha value is -1.42. The number of carbonyl (C=O) groups is 1. The summed E-state index contributed by atoms with van der Waals surface area (Å²) in [5, 5.41) is 0. The van der Waals surface area contributed by atoms with Crippen molar-refractivity contribution in [1.82, 2.24) is 4.90 Å². The van der Waals surface area contributed by atoms with Crippen molar-refractivity contribution in [2.45, 2.75) is 19.1 Å². The molecule has 17 heavy (non-hydrogen) atoms. The molecular weight excluding hydrogens is 219 g/mol. The second kappa shape index (κ2) is 5.27. The molecule has 1 aromatic rings. The smallest absolute Gasteiger partial charge is 0.223 e. The van der Waals surface area contributed by atoms with Gasteiger partial charge < -0.3 is 5.73 Å². The highest BCUT2D eigenvalue weighted by Crippen LogP contribution is 2.21. The molecule has 1 aromatic carbocycles. The number of likely N-dealkylation sites (tertiary alicyclic amines) is 1. The monoisotopic (exact) mass is 236 g/mol. The van der Waals surface area contributed by atoms with E-state index in [0.717, 1.165) is 18.7 Å². The highest BCUT2D eigenvalue weighted by atomic mass is 19.1. The van der Waals surface area contributed by atoms with E-state index in [1.807, 2.05) is 35.2 Å². The van der Waals surface area contributed by atoms with Gasteiger partial charge in [-0.2, -0.15) is 0 Å². The molecule has 2 rings (SSSR count). The Balaban J connectivity index is 1.92. The van der Waals surface area contributed by atoms with Crippen LogP contribution in [0.4, 0.5) is 4.39 Å². The van der Waals surface area contributed by atoms with Gasteiger partial charge in [-0.1, -0.05) is 30.3 Å². The zero-order valence-corrected chi connectivity index (χ0v) is 9.68. The van der Waals surface area contributed by atoms with Crippen LogP contribution in [0.2, 0.25) is 0 Å². The van der Waals surface area contributed by atoms with Crippen molar-refractivity contribution >= 4 is 5.91 Å². The third kappa shape index (κ3) is 3.03. The quantitative estimate of drug-likeness (QED) is 0.860. The lowest BCUT2D eigenvalue weighted by Crippen LogP contribution is -2.46. The molecule has 0 radical (unpaired) electrons. The molecule has 1 saturated heterocycles. The van der Waals surface area contributed by atoms with Crippen molar-refractivity contribution in [2.24, 2.45) is 11.7 Å². The molecule has 0 spiro atoms. The van der Waals surface area contributed by atoms with Crippen LogP contribution in [0.15, 0.2) is 30.3 Å².